The van der Waals surface area contributed by atoms with Crippen LogP contribution in [0.3, 0.4) is 0 Å². The molecule has 1 atom stereocenters. The lowest BCUT2D eigenvalue weighted by Gasteiger charge is -2.19. The molecule has 7 nitrogen and oxygen atoms in total. The van der Waals surface area contributed by atoms with Crippen LogP contribution in [-0.2, 0) is 17.7 Å². The number of hydrogen-bond donors (Lipinski definition) is 1. The minimum absolute atomic E-state index is 0.529. The second-order valence-corrected chi connectivity index (χ2v) is 8.04. The van der Waals surface area contributed by atoms with E-state index in [-0.39, 0.29) is 0 Å². The first-order chi connectivity index (χ1) is 15.8. The van der Waals surface area contributed by atoms with Crippen LogP contribution >= 0.6 is 0 Å². The van der Waals surface area contributed by atoms with E-state index in [2.05, 4.69) is 50.4 Å². The van der Waals surface area contributed by atoms with Gasteiger partial charge in [0.2, 0.25) is 0 Å². The molecular weight excluding hydrogens is 400 g/mol. The number of nitrogens with zero attached hydrogens (tertiary/aromatic N) is 5. The highest BCUT2D eigenvalue weighted by Crippen LogP contribution is 2.22. The zero-order chi connectivity index (χ0) is 22.0. The lowest BCUT2D eigenvalue weighted by Crippen LogP contribution is -2.16. The monoisotopic (exact) mass is 430 g/mol. The van der Waals surface area contributed by atoms with Crippen LogP contribution in [0.5, 0.6) is 0 Å². The van der Waals surface area contributed by atoms with Crippen molar-refractivity contribution in [3.63, 3.8) is 0 Å². The molecule has 0 aromatic carbocycles. The average molecular weight is 431 g/mol. The number of aromatic nitrogens is 5. The smallest absolute Gasteiger partial charge is 0.131 e. The largest absolute Gasteiger partial charge is 0.381 e. The highest BCUT2D eigenvalue weighted by Gasteiger charge is 2.15. The average Bonchev–Trinajstić information content (AvgIpc) is 3.27. The highest BCUT2D eigenvalue weighted by molar-refractivity contribution is 5.59. The van der Waals surface area contributed by atoms with Crippen molar-refractivity contribution in [3.8, 4) is 23.2 Å². The van der Waals surface area contributed by atoms with E-state index in [1.807, 2.05) is 35.3 Å². The first-order valence-electron chi connectivity index (χ1n) is 11.4. The molecule has 0 unspecified atom stereocenters. The summed E-state index contributed by atoms with van der Waals surface area (Å²) in [7, 11) is 0. The molecule has 3 aromatic heterocycles. The van der Waals surface area contributed by atoms with Gasteiger partial charge >= 0.3 is 0 Å². The Kier molecular flexibility index (Phi) is 7.83. The minimum Gasteiger partial charge on any atom is -0.381 e. The van der Waals surface area contributed by atoms with Gasteiger partial charge in [0.15, 0.2) is 0 Å². The zero-order valence-electron chi connectivity index (χ0n) is 18.6. The molecule has 0 aliphatic carbocycles. The summed E-state index contributed by atoms with van der Waals surface area (Å²) in [4.78, 5) is 8.90. The molecule has 0 spiro atoms. The molecule has 0 saturated carbocycles. The standard InChI is InChI=1S/C25H30N6O/c1-2-22-16-21(9-7-13-27-24-10-3-5-12-26-24)17-28-25(22)23-19-31(30-29-23)18-20-8-4-6-14-32-15-11-20/h3,5,10,12,16-17,19-20H,2,4,6,8,11,13-15,18H2,1H3,(H,26,27)/t20-/m0/s1. The van der Waals surface area contributed by atoms with Crippen molar-refractivity contribution < 1.29 is 4.74 Å². The van der Waals surface area contributed by atoms with Crippen LogP contribution in [0.1, 0.15) is 43.7 Å². The van der Waals surface area contributed by atoms with E-state index in [0.717, 1.165) is 67.4 Å². The van der Waals surface area contributed by atoms with Crippen molar-refractivity contribution in [1.82, 2.24) is 25.0 Å². The molecule has 4 heterocycles. The first-order valence-corrected chi connectivity index (χ1v) is 11.4. The van der Waals surface area contributed by atoms with E-state index >= 15 is 0 Å². The summed E-state index contributed by atoms with van der Waals surface area (Å²) in [5.41, 5.74) is 3.73. The Hall–Kier alpha value is -3.24. The van der Waals surface area contributed by atoms with E-state index in [1.165, 1.54) is 12.8 Å². The van der Waals surface area contributed by atoms with Crippen LogP contribution in [0.15, 0.2) is 42.9 Å². The van der Waals surface area contributed by atoms with Gasteiger partial charge in [0.25, 0.3) is 0 Å². The molecule has 4 rings (SSSR count). The van der Waals surface area contributed by atoms with Gasteiger partial charge in [-0.1, -0.05) is 36.5 Å². The molecule has 0 radical (unpaired) electrons. The number of aryl methyl sites for hydroxylation is 1. The van der Waals surface area contributed by atoms with Crippen molar-refractivity contribution in [2.45, 2.75) is 45.6 Å². The van der Waals surface area contributed by atoms with Crippen LogP contribution in [0, 0.1) is 17.8 Å². The van der Waals surface area contributed by atoms with Gasteiger partial charge in [-0.05, 0) is 55.4 Å². The Morgan fingerprint density at radius 3 is 3.03 bits per heavy atom. The number of rotatable bonds is 6. The molecule has 1 saturated heterocycles. The minimum atomic E-state index is 0.529. The van der Waals surface area contributed by atoms with Crippen molar-refractivity contribution in [3.05, 3.63) is 54.0 Å². The second-order valence-electron chi connectivity index (χ2n) is 8.04. The van der Waals surface area contributed by atoms with Crippen LogP contribution in [0.2, 0.25) is 0 Å². The fraction of sp³-hybridized carbons (Fsp3) is 0.440. The zero-order valence-corrected chi connectivity index (χ0v) is 18.6. The molecule has 1 aliphatic heterocycles. The first kappa shape index (κ1) is 22.0. The molecule has 7 heteroatoms. The van der Waals surface area contributed by atoms with Gasteiger partial charge in [0, 0.05) is 37.7 Å². The van der Waals surface area contributed by atoms with Crippen LogP contribution < -0.4 is 5.32 Å². The van der Waals surface area contributed by atoms with Crippen LogP contribution in [0.4, 0.5) is 5.82 Å². The molecule has 1 fully saturated rings. The van der Waals surface area contributed by atoms with Gasteiger partial charge in [-0.25, -0.2) is 4.98 Å². The Bertz CT molecular complexity index is 1050. The van der Waals surface area contributed by atoms with Gasteiger partial charge in [-0.3, -0.25) is 9.67 Å². The summed E-state index contributed by atoms with van der Waals surface area (Å²) >= 11 is 0. The molecule has 32 heavy (non-hydrogen) atoms. The number of ether oxygens (including phenoxy) is 1. The Balaban J connectivity index is 1.40. The number of hydrogen-bond acceptors (Lipinski definition) is 6. The van der Waals surface area contributed by atoms with Crippen LogP contribution in [0.25, 0.3) is 11.4 Å². The lowest BCUT2D eigenvalue weighted by atomic mass is 9.98. The summed E-state index contributed by atoms with van der Waals surface area (Å²) in [6.45, 7) is 5.27. The number of anilines is 1. The van der Waals surface area contributed by atoms with E-state index in [1.54, 1.807) is 6.20 Å². The third-order valence-corrected chi connectivity index (χ3v) is 5.65. The molecule has 166 valence electrons. The molecular formula is C25H30N6O. The predicted molar refractivity (Wildman–Crippen MR) is 125 cm³/mol. The molecule has 1 aliphatic rings. The summed E-state index contributed by atoms with van der Waals surface area (Å²) in [5.74, 6) is 7.72. The normalized spacial score (nSPS) is 16.5. The summed E-state index contributed by atoms with van der Waals surface area (Å²) in [5, 5.41) is 12.0. The Morgan fingerprint density at radius 1 is 1.19 bits per heavy atom. The van der Waals surface area contributed by atoms with E-state index < -0.39 is 0 Å². The molecule has 1 N–H and O–H groups in total. The fourth-order valence-electron chi connectivity index (χ4n) is 3.90. The van der Waals surface area contributed by atoms with E-state index in [0.29, 0.717) is 12.5 Å². The summed E-state index contributed by atoms with van der Waals surface area (Å²) in [6.07, 6.45) is 11.1. The Morgan fingerprint density at radius 2 is 2.16 bits per heavy atom. The summed E-state index contributed by atoms with van der Waals surface area (Å²) < 4.78 is 7.60. The molecule has 0 amide bonds. The summed E-state index contributed by atoms with van der Waals surface area (Å²) in [6, 6.07) is 7.86. The van der Waals surface area contributed by atoms with Crippen LogP contribution in [-0.4, -0.2) is 44.7 Å². The van der Waals surface area contributed by atoms with Gasteiger partial charge < -0.3 is 10.1 Å². The van der Waals surface area contributed by atoms with Crippen molar-refractivity contribution in [2.24, 2.45) is 5.92 Å². The Labute approximate surface area is 189 Å². The highest BCUT2D eigenvalue weighted by atomic mass is 16.5. The fourth-order valence-corrected chi connectivity index (χ4v) is 3.90. The molecule has 0 bridgehead atoms. The maximum Gasteiger partial charge on any atom is 0.131 e. The molecule has 3 aromatic rings. The van der Waals surface area contributed by atoms with Gasteiger partial charge in [-0.15, -0.1) is 5.10 Å². The SMILES string of the molecule is CCc1cc(C#CCNc2ccccn2)cnc1-c1cn(C[C@H]2CCCCOCC2)nn1. The maximum absolute atomic E-state index is 5.64. The van der Waals surface area contributed by atoms with Crippen molar-refractivity contribution in [1.29, 1.82) is 0 Å². The third kappa shape index (κ3) is 6.14. The maximum atomic E-state index is 5.64. The number of nitrogens with one attached hydrogen (secondary N) is 1. The predicted octanol–water partition coefficient (Wildman–Crippen LogP) is 3.97. The van der Waals surface area contributed by atoms with E-state index in [9.17, 15) is 0 Å². The quantitative estimate of drug-likeness (QED) is 0.596. The lowest BCUT2D eigenvalue weighted by molar-refractivity contribution is 0.0958. The van der Waals surface area contributed by atoms with Crippen molar-refractivity contribution >= 4 is 5.82 Å². The van der Waals surface area contributed by atoms with Gasteiger partial charge in [-0.2, -0.15) is 0 Å². The van der Waals surface area contributed by atoms with E-state index in [4.69, 9.17) is 4.74 Å². The van der Waals surface area contributed by atoms with Gasteiger partial charge in [0.1, 0.15) is 11.5 Å². The number of pyridine rings is 2. The second kappa shape index (κ2) is 11.4. The third-order valence-electron chi connectivity index (χ3n) is 5.65. The van der Waals surface area contributed by atoms with Crippen molar-refractivity contribution in [2.75, 3.05) is 25.1 Å². The topological polar surface area (TPSA) is 77.8 Å². The van der Waals surface area contributed by atoms with Gasteiger partial charge in [0.05, 0.1) is 18.4 Å².